The van der Waals surface area contributed by atoms with Gasteiger partial charge in [-0.25, -0.2) is 9.97 Å². The predicted molar refractivity (Wildman–Crippen MR) is 106 cm³/mol. The molecule has 152 valence electrons. The van der Waals surface area contributed by atoms with Gasteiger partial charge in [-0.2, -0.15) is 4.98 Å². The highest BCUT2D eigenvalue weighted by Gasteiger charge is 2.38. The third-order valence-electron chi connectivity index (χ3n) is 5.87. The lowest BCUT2D eigenvalue weighted by atomic mass is 9.80. The van der Waals surface area contributed by atoms with Crippen molar-refractivity contribution in [3.63, 3.8) is 0 Å². The van der Waals surface area contributed by atoms with E-state index in [2.05, 4.69) is 40.8 Å². The zero-order valence-electron chi connectivity index (χ0n) is 17.4. The molecule has 4 heterocycles. The summed E-state index contributed by atoms with van der Waals surface area (Å²) in [6.45, 7) is 11.1. The Morgan fingerprint density at radius 3 is 2.57 bits per heavy atom. The smallest absolute Gasteiger partial charge is 0.232 e. The molecule has 0 radical (unpaired) electrons. The Bertz CT molecular complexity index is 792. The molecule has 0 bridgehead atoms. The van der Waals surface area contributed by atoms with Crippen molar-refractivity contribution < 1.29 is 9.26 Å². The number of ether oxygens (including phenoxy) is 1. The summed E-state index contributed by atoms with van der Waals surface area (Å²) in [5.41, 5.74) is -0.0420. The molecule has 7 heteroatoms. The molecule has 2 atom stereocenters. The molecule has 2 aliphatic heterocycles. The monoisotopic (exact) mass is 385 g/mol. The maximum Gasteiger partial charge on any atom is 0.232 e. The van der Waals surface area contributed by atoms with Crippen LogP contribution < -0.4 is 4.90 Å². The lowest BCUT2D eigenvalue weighted by molar-refractivity contribution is -0.0489. The minimum absolute atomic E-state index is 0.0420. The van der Waals surface area contributed by atoms with E-state index in [1.54, 1.807) is 0 Å². The Hall–Kier alpha value is -2.02. The van der Waals surface area contributed by atoms with Gasteiger partial charge in [0.25, 0.3) is 0 Å². The average Bonchev–Trinajstić information content (AvgIpc) is 3.14. The number of rotatable bonds is 3. The summed E-state index contributed by atoms with van der Waals surface area (Å²) < 4.78 is 11.7. The first-order chi connectivity index (χ1) is 13.4. The van der Waals surface area contributed by atoms with E-state index in [4.69, 9.17) is 14.2 Å². The maximum absolute atomic E-state index is 6.23. The van der Waals surface area contributed by atoms with E-state index >= 15 is 0 Å². The molecule has 2 fully saturated rings. The van der Waals surface area contributed by atoms with Crippen molar-refractivity contribution in [2.24, 2.45) is 5.92 Å². The number of aryl methyl sites for hydroxylation is 1. The molecular weight excluding hydrogens is 354 g/mol. The Balaban J connectivity index is 1.43. The van der Waals surface area contributed by atoms with Crippen LogP contribution in [0.25, 0.3) is 0 Å². The summed E-state index contributed by atoms with van der Waals surface area (Å²) in [6, 6.07) is 2.02. The van der Waals surface area contributed by atoms with Crippen molar-refractivity contribution in [1.82, 2.24) is 20.1 Å². The number of hydrogen-bond donors (Lipinski definition) is 0. The van der Waals surface area contributed by atoms with Gasteiger partial charge in [0, 0.05) is 31.3 Å². The molecule has 2 aromatic rings. The Kier molecular flexibility index (Phi) is 5.36. The van der Waals surface area contributed by atoms with Crippen molar-refractivity contribution in [2.45, 2.75) is 70.8 Å². The zero-order chi connectivity index (χ0) is 19.7. The minimum atomic E-state index is -0.0420. The van der Waals surface area contributed by atoms with Gasteiger partial charge in [-0.1, -0.05) is 25.9 Å². The SMILES string of the molecule is Cc1noc([C@@H]2CCCO[C@H]2C2CCN(c3ccnc(C(C)(C)C)n3)CC2)n1. The third-order valence-corrected chi connectivity index (χ3v) is 5.87. The molecule has 0 amide bonds. The van der Waals surface area contributed by atoms with Crippen LogP contribution in [0, 0.1) is 12.8 Å². The highest BCUT2D eigenvalue weighted by molar-refractivity contribution is 5.38. The molecule has 2 aliphatic rings. The van der Waals surface area contributed by atoms with E-state index in [9.17, 15) is 0 Å². The van der Waals surface area contributed by atoms with E-state index in [0.29, 0.717) is 11.7 Å². The molecule has 7 nitrogen and oxygen atoms in total. The molecular formula is C21H31N5O2. The van der Waals surface area contributed by atoms with Gasteiger partial charge >= 0.3 is 0 Å². The topological polar surface area (TPSA) is 77.2 Å². The summed E-state index contributed by atoms with van der Waals surface area (Å²) in [6.07, 6.45) is 6.34. The number of aromatic nitrogens is 4. The van der Waals surface area contributed by atoms with Crippen LogP contribution in [0.2, 0.25) is 0 Å². The minimum Gasteiger partial charge on any atom is -0.377 e. The maximum atomic E-state index is 6.23. The van der Waals surface area contributed by atoms with Gasteiger partial charge in [-0.3, -0.25) is 0 Å². The standard InChI is InChI=1S/C21H31N5O2/c1-14-23-19(28-25-14)16-6-5-13-27-18(16)15-8-11-26(12-9-15)17-7-10-22-20(24-17)21(2,3)4/h7,10,15-16,18H,5-6,8-9,11-13H2,1-4H3/t16-,18+/m1/s1. The number of nitrogens with zero attached hydrogens (tertiary/aromatic N) is 5. The van der Waals surface area contributed by atoms with Gasteiger partial charge in [0.2, 0.25) is 5.89 Å². The number of hydrogen-bond acceptors (Lipinski definition) is 7. The van der Waals surface area contributed by atoms with Gasteiger partial charge in [0.15, 0.2) is 5.82 Å². The van der Waals surface area contributed by atoms with Gasteiger partial charge in [0.05, 0.1) is 12.0 Å². The van der Waals surface area contributed by atoms with Crippen LogP contribution in [0.4, 0.5) is 5.82 Å². The molecule has 0 N–H and O–H groups in total. The van der Waals surface area contributed by atoms with Crippen molar-refractivity contribution in [3.8, 4) is 0 Å². The van der Waals surface area contributed by atoms with Crippen LogP contribution in [0.1, 0.15) is 69.9 Å². The number of anilines is 1. The molecule has 0 aliphatic carbocycles. The first-order valence-electron chi connectivity index (χ1n) is 10.4. The van der Waals surface area contributed by atoms with Crippen LogP contribution in [-0.2, 0) is 10.2 Å². The third kappa shape index (κ3) is 4.04. The molecule has 2 aromatic heterocycles. The van der Waals surface area contributed by atoms with Crippen molar-refractivity contribution in [3.05, 3.63) is 29.8 Å². The highest BCUT2D eigenvalue weighted by Crippen LogP contribution is 2.38. The molecule has 0 aromatic carbocycles. The van der Waals surface area contributed by atoms with E-state index < -0.39 is 0 Å². The Labute approximate surface area is 166 Å². The number of piperidine rings is 1. The lowest BCUT2D eigenvalue weighted by Crippen LogP contribution is -2.43. The molecule has 28 heavy (non-hydrogen) atoms. The lowest BCUT2D eigenvalue weighted by Gasteiger charge is -2.40. The second-order valence-electron chi connectivity index (χ2n) is 9.08. The van der Waals surface area contributed by atoms with Gasteiger partial charge in [0.1, 0.15) is 11.6 Å². The molecule has 0 saturated carbocycles. The average molecular weight is 386 g/mol. The Morgan fingerprint density at radius 2 is 1.89 bits per heavy atom. The first-order valence-corrected chi connectivity index (χ1v) is 10.4. The van der Waals surface area contributed by atoms with Crippen molar-refractivity contribution in [1.29, 1.82) is 0 Å². The second kappa shape index (κ2) is 7.78. The normalized spacial score (nSPS) is 24.5. The quantitative estimate of drug-likeness (QED) is 0.798. The van der Waals surface area contributed by atoms with Gasteiger partial charge in [-0.15, -0.1) is 0 Å². The summed E-state index contributed by atoms with van der Waals surface area (Å²) in [4.78, 5) is 16.1. The largest absolute Gasteiger partial charge is 0.377 e. The first kappa shape index (κ1) is 19.3. The van der Waals surface area contributed by atoms with Crippen molar-refractivity contribution >= 4 is 5.82 Å². The van der Waals surface area contributed by atoms with Crippen molar-refractivity contribution in [2.75, 3.05) is 24.6 Å². The highest BCUT2D eigenvalue weighted by atomic mass is 16.5. The fourth-order valence-corrected chi connectivity index (χ4v) is 4.34. The van der Waals surface area contributed by atoms with E-state index in [1.165, 1.54) is 0 Å². The van der Waals surface area contributed by atoms with Crippen LogP contribution in [0.15, 0.2) is 16.8 Å². The van der Waals surface area contributed by atoms with Gasteiger partial charge < -0.3 is 14.2 Å². The Morgan fingerprint density at radius 1 is 1.11 bits per heavy atom. The summed E-state index contributed by atoms with van der Waals surface area (Å²) in [7, 11) is 0. The molecule has 2 saturated heterocycles. The summed E-state index contributed by atoms with van der Waals surface area (Å²) in [5, 5.41) is 3.99. The van der Waals surface area contributed by atoms with E-state index in [1.807, 2.05) is 19.2 Å². The van der Waals surface area contributed by atoms with Crippen LogP contribution in [0.5, 0.6) is 0 Å². The second-order valence-corrected chi connectivity index (χ2v) is 9.08. The molecule has 0 unspecified atom stereocenters. The van der Waals surface area contributed by atoms with Crippen LogP contribution >= 0.6 is 0 Å². The van der Waals surface area contributed by atoms with Crippen LogP contribution in [-0.4, -0.2) is 45.9 Å². The predicted octanol–water partition coefficient (Wildman–Crippen LogP) is 3.64. The molecule has 0 spiro atoms. The molecule has 4 rings (SSSR count). The van der Waals surface area contributed by atoms with Gasteiger partial charge in [-0.05, 0) is 44.6 Å². The van der Waals surface area contributed by atoms with E-state index in [0.717, 1.165) is 62.9 Å². The fraction of sp³-hybridized carbons (Fsp3) is 0.714. The van der Waals surface area contributed by atoms with Crippen LogP contribution in [0.3, 0.4) is 0 Å². The summed E-state index contributed by atoms with van der Waals surface area (Å²) in [5.74, 6) is 4.11. The fourth-order valence-electron chi connectivity index (χ4n) is 4.34. The summed E-state index contributed by atoms with van der Waals surface area (Å²) >= 11 is 0. The van der Waals surface area contributed by atoms with E-state index in [-0.39, 0.29) is 17.4 Å². The zero-order valence-corrected chi connectivity index (χ0v) is 17.4.